The molecule has 0 amide bonds. The molecule has 1 N–H and O–H groups in total. The van der Waals surface area contributed by atoms with Gasteiger partial charge in [0.15, 0.2) is 0 Å². The minimum atomic E-state index is -0.701. The van der Waals surface area contributed by atoms with Crippen LogP contribution in [-0.4, -0.2) is 12.2 Å². The molecule has 3 nitrogen and oxygen atoms in total. The average Bonchev–Trinajstić information content (AvgIpc) is 2.80. The Morgan fingerprint density at radius 1 is 1.28 bits per heavy atom. The number of rotatable bonds is 4. The summed E-state index contributed by atoms with van der Waals surface area (Å²) in [5.41, 5.74) is 0.0729. The van der Waals surface area contributed by atoms with Crippen molar-refractivity contribution in [3.8, 4) is 0 Å². The van der Waals surface area contributed by atoms with Crippen molar-refractivity contribution in [2.45, 2.75) is 13.2 Å². The second kappa shape index (κ2) is 5.18. The lowest BCUT2D eigenvalue weighted by Crippen LogP contribution is -2.19. The van der Waals surface area contributed by atoms with E-state index >= 15 is 0 Å². The van der Waals surface area contributed by atoms with E-state index in [-0.39, 0.29) is 17.8 Å². The fourth-order valence-electron chi connectivity index (χ4n) is 1.79. The number of aliphatic hydroxyl groups excluding tert-OH is 1. The van der Waals surface area contributed by atoms with Crippen molar-refractivity contribution < 1.29 is 18.3 Å². The Morgan fingerprint density at radius 2 is 1.94 bits per heavy atom. The summed E-state index contributed by atoms with van der Waals surface area (Å²) in [4.78, 5) is 1.42. The Balaban J connectivity index is 2.27. The Kier molecular flexibility index (Phi) is 3.62. The zero-order chi connectivity index (χ0) is 13.1. The van der Waals surface area contributed by atoms with Crippen LogP contribution in [0.3, 0.4) is 0 Å². The molecular formula is C13H13F2NO2. The van der Waals surface area contributed by atoms with Crippen LogP contribution in [0.15, 0.2) is 34.9 Å². The van der Waals surface area contributed by atoms with Gasteiger partial charge in [-0.3, -0.25) is 0 Å². The SMILES string of the molecule is CN(Cc1ccco1)c1c(F)cc(CO)cc1F. The molecule has 0 saturated carbocycles. The summed E-state index contributed by atoms with van der Waals surface area (Å²) in [6, 6.07) is 5.69. The van der Waals surface area contributed by atoms with Crippen LogP contribution in [0, 0.1) is 11.6 Å². The molecule has 0 radical (unpaired) electrons. The van der Waals surface area contributed by atoms with Crippen molar-refractivity contribution in [2.24, 2.45) is 0 Å². The first-order chi connectivity index (χ1) is 8.61. The molecule has 1 aromatic carbocycles. The third-order valence-corrected chi connectivity index (χ3v) is 2.61. The van der Waals surface area contributed by atoms with Crippen molar-refractivity contribution in [1.29, 1.82) is 0 Å². The molecule has 0 aliphatic carbocycles. The maximum absolute atomic E-state index is 13.8. The number of furan rings is 1. The monoisotopic (exact) mass is 253 g/mol. The molecular weight excluding hydrogens is 240 g/mol. The normalized spacial score (nSPS) is 10.7. The molecule has 2 aromatic rings. The molecule has 0 saturated heterocycles. The topological polar surface area (TPSA) is 36.6 Å². The Morgan fingerprint density at radius 3 is 2.44 bits per heavy atom. The zero-order valence-corrected chi connectivity index (χ0v) is 9.86. The van der Waals surface area contributed by atoms with Crippen molar-refractivity contribution >= 4 is 5.69 Å². The molecule has 18 heavy (non-hydrogen) atoms. The third-order valence-electron chi connectivity index (χ3n) is 2.61. The van der Waals surface area contributed by atoms with Crippen LogP contribution in [0.5, 0.6) is 0 Å². The molecule has 0 aliphatic rings. The number of anilines is 1. The maximum atomic E-state index is 13.8. The largest absolute Gasteiger partial charge is 0.467 e. The van der Waals surface area contributed by atoms with Gasteiger partial charge in [-0.15, -0.1) is 0 Å². The predicted molar refractivity (Wildman–Crippen MR) is 63.1 cm³/mol. The standard InChI is InChI=1S/C13H13F2NO2/c1-16(7-10-3-2-4-18-10)13-11(14)5-9(8-17)6-12(13)15/h2-6,17H,7-8H2,1H3. The summed E-state index contributed by atoms with van der Waals surface area (Å²) in [5.74, 6) is -0.788. The summed E-state index contributed by atoms with van der Waals surface area (Å²) < 4.78 is 32.6. The molecule has 0 atom stereocenters. The van der Waals surface area contributed by atoms with Crippen LogP contribution in [0.2, 0.25) is 0 Å². The van der Waals surface area contributed by atoms with Crippen molar-refractivity contribution in [2.75, 3.05) is 11.9 Å². The molecule has 0 spiro atoms. The minimum absolute atomic E-state index is 0.136. The quantitative estimate of drug-likeness (QED) is 0.910. The first-order valence-electron chi connectivity index (χ1n) is 5.44. The van der Waals surface area contributed by atoms with Gasteiger partial charge in [0.1, 0.15) is 23.1 Å². The van der Waals surface area contributed by atoms with Gasteiger partial charge < -0.3 is 14.4 Å². The van der Waals surface area contributed by atoms with Gasteiger partial charge in [0.25, 0.3) is 0 Å². The van der Waals surface area contributed by atoms with E-state index < -0.39 is 18.2 Å². The van der Waals surface area contributed by atoms with Gasteiger partial charge in [-0.25, -0.2) is 8.78 Å². The highest BCUT2D eigenvalue weighted by atomic mass is 19.1. The van der Waals surface area contributed by atoms with Gasteiger partial charge in [-0.2, -0.15) is 0 Å². The molecule has 0 fully saturated rings. The molecule has 1 heterocycles. The highest BCUT2D eigenvalue weighted by molar-refractivity contribution is 5.50. The zero-order valence-electron chi connectivity index (χ0n) is 9.86. The summed E-state index contributed by atoms with van der Waals surface area (Å²) in [7, 11) is 1.57. The fraction of sp³-hybridized carbons (Fsp3) is 0.231. The number of benzene rings is 1. The number of halogens is 2. The molecule has 0 aliphatic heterocycles. The lowest BCUT2D eigenvalue weighted by Gasteiger charge is -2.19. The first-order valence-corrected chi connectivity index (χ1v) is 5.44. The number of nitrogens with zero attached hydrogens (tertiary/aromatic N) is 1. The predicted octanol–water partition coefficient (Wildman–Crippen LogP) is 2.69. The van der Waals surface area contributed by atoms with Crippen molar-refractivity contribution in [1.82, 2.24) is 0 Å². The van der Waals surface area contributed by atoms with E-state index in [2.05, 4.69) is 0 Å². The Bertz CT molecular complexity index is 503. The molecule has 96 valence electrons. The lowest BCUT2D eigenvalue weighted by molar-refractivity contribution is 0.280. The third kappa shape index (κ3) is 2.51. The van der Waals surface area contributed by atoms with E-state index in [0.29, 0.717) is 5.76 Å². The van der Waals surface area contributed by atoms with Crippen LogP contribution in [0.25, 0.3) is 0 Å². The van der Waals surface area contributed by atoms with Gasteiger partial charge in [0.05, 0.1) is 19.4 Å². The second-order valence-electron chi connectivity index (χ2n) is 4.00. The summed E-state index contributed by atoms with van der Waals surface area (Å²) in [6.45, 7) is -0.130. The van der Waals surface area contributed by atoms with Crippen LogP contribution in [0.1, 0.15) is 11.3 Å². The van der Waals surface area contributed by atoms with Gasteiger partial charge in [-0.1, -0.05) is 0 Å². The van der Waals surface area contributed by atoms with Crippen molar-refractivity contribution in [3.05, 3.63) is 53.5 Å². The number of hydrogen-bond acceptors (Lipinski definition) is 3. The lowest BCUT2D eigenvalue weighted by atomic mass is 10.2. The number of hydrogen-bond donors (Lipinski definition) is 1. The van der Waals surface area contributed by atoms with E-state index in [4.69, 9.17) is 9.52 Å². The van der Waals surface area contributed by atoms with E-state index in [0.717, 1.165) is 12.1 Å². The van der Waals surface area contributed by atoms with Gasteiger partial charge in [0, 0.05) is 7.05 Å². The highest BCUT2D eigenvalue weighted by Gasteiger charge is 2.16. The fourth-order valence-corrected chi connectivity index (χ4v) is 1.79. The first kappa shape index (κ1) is 12.6. The second-order valence-corrected chi connectivity index (χ2v) is 4.00. The van der Waals surface area contributed by atoms with E-state index in [1.807, 2.05) is 0 Å². The van der Waals surface area contributed by atoms with Crippen LogP contribution >= 0.6 is 0 Å². The molecule has 1 aromatic heterocycles. The van der Waals surface area contributed by atoms with E-state index in [1.54, 1.807) is 19.2 Å². The summed E-state index contributed by atoms with van der Waals surface area (Å²) in [6.07, 6.45) is 1.50. The summed E-state index contributed by atoms with van der Waals surface area (Å²) >= 11 is 0. The average molecular weight is 253 g/mol. The Labute approximate surface area is 103 Å². The molecule has 2 rings (SSSR count). The van der Waals surface area contributed by atoms with Gasteiger partial charge >= 0.3 is 0 Å². The maximum Gasteiger partial charge on any atom is 0.149 e. The molecule has 0 unspecified atom stereocenters. The minimum Gasteiger partial charge on any atom is -0.467 e. The number of aliphatic hydroxyl groups is 1. The van der Waals surface area contributed by atoms with Crippen LogP contribution in [0.4, 0.5) is 14.5 Å². The Hall–Kier alpha value is -1.88. The van der Waals surface area contributed by atoms with Gasteiger partial charge in [-0.05, 0) is 29.8 Å². The summed E-state index contributed by atoms with van der Waals surface area (Å²) in [5, 5.41) is 8.86. The highest BCUT2D eigenvalue weighted by Crippen LogP contribution is 2.25. The van der Waals surface area contributed by atoms with E-state index in [9.17, 15) is 8.78 Å². The molecule has 0 bridgehead atoms. The van der Waals surface area contributed by atoms with Crippen LogP contribution in [-0.2, 0) is 13.2 Å². The van der Waals surface area contributed by atoms with Crippen LogP contribution < -0.4 is 4.90 Å². The van der Waals surface area contributed by atoms with Gasteiger partial charge in [0.2, 0.25) is 0 Å². The smallest absolute Gasteiger partial charge is 0.149 e. The van der Waals surface area contributed by atoms with E-state index in [1.165, 1.54) is 11.2 Å². The molecule has 5 heteroatoms. The van der Waals surface area contributed by atoms with Crippen molar-refractivity contribution in [3.63, 3.8) is 0 Å².